The van der Waals surface area contributed by atoms with Gasteiger partial charge in [0.25, 0.3) is 0 Å². The van der Waals surface area contributed by atoms with E-state index in [9.17, 15) is 18.3 Å². The predicted octanol–water partition coefficient (Wildman–Crippen LogP) is 3.08. The van der Waals surface area contributed by atoms with E-state index in [4.69, 9.17) is 0 Å². The maximum Gasteiger partial charge on any atom is 0.392 e. The number of nitrogens with zero attached hydrogens (tertiary/aromatic N) is 2. The average Bonchev–Trinajstić information content (AvgIpc) is 2.80. The van der Waals surface area contributed by atoms with Crippen LogP contribution >= 0.6 is 0 Å². The molecule has 1 aliphatic carbocycles. The van der Waals surface area contributed by atoms with E-state index in [1.54, 1.807) is 12.4 Å². The summed E-state index contributed by atoms with van der Waals surface area (Å²) < 4.78 is 40.8. The van der Waals surface area contributed by atoms with Gasteiger partial charge in [-0.2, -0.15) is 13.2 Å². The summed E-state index contributed by atoms with van der Waals surface area (Å²) in [6.07, 6.45) is 1.17. The Hall–Kier alpha value is -1.04. The molecule has 0 aromatic carbocycles. The summed E-state index contributed by atoms with van der Waals surface area (Å²) in [4.78, 5) is 4.13. The average molecular weight is 290 g/mol. The third-order valence-corrected chi connectivity index (χ3v) is 4.32. The SMILES string of the molecule is Cn1ccnc1CCC(O)C1CCCCC1C(F)(F)F. The molecule has 6 heteroatoms. The van der Waals surface area contributed by atoms with Crippen LogP contribution in [0.4, 0.5) is 13.2 Å². The largest absolute Gasteiger partial charge is 0.393 e. The second-order valence-electron chi connectivity index (χ2n) is 5.66. The molecule has 0 radical (unpaired) electrons. The number of aliphatic hydroxyl groups is 1. The molecule has 0 aliphatic heterocycles. The Labute approximate surface area is 116 Å². The minimum Gasteiger partial charge on any atom is -0.393 e. The molecule has 3 unspecified atom stereocenters. The number of aliphatic hydroxyl groups excluding tert-OH is 1. The predicted molar refractivity (Wildman–Crippen MR) is 69.0 cm³/mol. The molecule has 0 bridgehead atoms. The Balaban J connectivity index is 1.96. The molecule has 0 spiro atoms. The highest BCUT2D eigenvalue weighted by Gasteiger charge is 2.47. The number of hydrogen-bond donors (Lipinski definition) is 1. The van der Waals surface area contributed by atoms with Gasteiger partial charge in [-0.05, 0) is 25.2 Å². The van der Waals surface area contributed by atoms with Crippen LogP contribution in [0.25, 0.3) is 0 Å². The molecule has 1 aliphatic rings. The molecule has 20 heavy (non-hydrogen) atoms. The molecule has 3 atom stereocenters. The lowest BCUT2D eigenvalue weighted by Gasteiger charge is -2.36. The monoisotopic (exact) mass is 290 g/mol. The molecule has 0 amide bonds. The zero-order valence-electron chi connectivity index (χ0n) is 11.6. The van der Waals surface area contributed by atoms with Crippen LogP contribution in [0.1, 0.15) is 37.9 Å². The van der Waals surface area contributed by atoms with Crippen molar-refractivity contribution in [3.8, 4) is 0 Å². The third kappa shape index (κ3) is 3.53. The van der Waals surface area contributed by atoms with Gasteiger partial charge in [0.05, 0.1) is 12.0 Å². The topological polar surface area (TPSA) is 38.0 Å². The van der Waals surface area contributed by atoms with E-state index in [2.05, 4.69) is 4.98 Å². The first-order valence-electron chi connectivity index (χ1n) is 7.10. The van der Waals surface area contributed by atoms with Crippen molar-refractivity contribution < 1.29 is 18.3 Å². The number of alkyl halides is 3. The van der Waals surface area contributed by atoms with Crippen molar-refractivity contribution in [2.24, 2.45) is 18.9 Å². The van der Waals surface area contributed by atoms with Crippen molar-refractivity contribution in [1.82, 2.24) is 9.55 Å². The van der Waals surface area contributed by atoms with Crippen molar-refractivity contribution >= 4 is 0 Å². The van der Waals surface area contributed by atoms with Crippen molar-refractivity contribution in [1.29, 1.82) is 0 Å². The summed E-state index contributed by atoms with van der Waals surface area (Å²) in [5.74, 6) is -1.22. The second-order valence-corrected chi connectivity index (χ2v) is 5.66. The third-order valence-electron chi connectivity index (χ3n) is 4.32. The number of rotatable bonds is 4. The van der Waals surface area contributed by atoms with E-state index < -0.39 is 24.1 Å². The normalized spacial score (nSPS) is 25.6. The molecule has 114 valence electrons. The molecule has 1 aromatic rings. The van der Waals surface area contributed by atoms with E-state index in [1.165, 1.54) is 0 Å². The van der Waals surface area contributed by atoms with Gasteiger partial charge in [0.15, 0.2) is 0 Å². The van der Waals surface area contributed by atoms with E-state index in [-0.39, 0.29) is 6.42 Å². The van der Waals surface area contributed by atoms with Crippen LogP contribution in [0.5, 0.6) is 0 Å². The number of aromatic nitrogens is 2. The zero-order chi connectivity index (χ0) is 14.8. The Bertz CT molecular complexity index is 430. The molecule has 1 fully saturated rings. The molecular formula is C14H21F3N2O. The Morgan fingerprint density at radius 2 is 2.10 bits per heavy atom. The van der Waals surface area contributed by atoms with Gasteiger partial charge in [-0.1, -0.05) is 12.8 Å². The minimum atomic E-state index is -4.20. The number of hydrogen-bond acceptors (Lipinski definition) is 2. The van der Waals surface area contributed by atoms with Crippen LogP contribution in [0, 0.1) is 11.8 Å². The van der Waals surface area contributed by atoms with Crippen LogP contribution in [0.15, 0.2) is 12.4 Å². The lowest BCUT2D eigenvalue weighted by Crippen LogP contribution is -2.39. The molecule has 3 nitrogen and oxygen atoms in total. The Morgan fingerprint density at radius 1 is 1.40 bits per heavy atom. The van der Waals surface area contributed by atoms with Crippen molar-refractivity contribution in [3.63, 3.8) is 0 Å². The highest BCUT2D eigenvalue weighted by Crippen LogP contribution is 2.43. The van der Waals surface area contributed by atoms with E-state index in [1.807, 2.05) is 11.6 Å². The van der Waals surface area contributed by atoms with Gasteiger partial charge in [0.2, 0.25) is 0 Å². The summed E-state index contributed by atoms with van der Waals surface area (Å²) >= 11 is 0. The van der Waals surface area contributed by atoms with E-state index in [0.717, 1.165) is 12.2 Å². The first-order valence-corrected chi connectivity index (χ1v) is 7.10. The molecule has 2 rings (SSSR count). The molecule has 1 saturated carbocycles. The summed E-state index contributed by atoms with van der Waals surface area (Å²) in [5, 5.41) is 10.2. The van der Waals surface area contributed by atoms with Crippen LogP contribution in [-0.2, 0) is 13.5 Å². The van der Waals surface area contributed by atoms with Gasteiger partial charge in [-0.3, -0.25) is 0 Å². The van der Waals surface area contributed by atoms with Crippen molar-refractivity contribution in [2.45, 2.75) is 50.8 Å². The van der Waals surface area contributed by atoms with Crippen molar-refractivity contribution in [2.75, 3.05) is 0 Å². The van der Waals surface area contributed by atoms with Gasteiger partial charge < -0.3 is 9.67 Å². The molecule has 1 N–H and O–H groups in total. The smallest absolute Gasteiger partial charge is 0.392 e. The molecule has 1 aromatic heterocycles. The first-order chi connectivity index (χ1) is 9.39. The van der Waals surface area contributed by atoms with Crippen LogP contribution in [0.2, 0.25) is 0 Å². The maximum atomic E-state index is 13.0. The van der Waals surface area contributed by atoms with Crippen molar-refractivity contribution in [3.05, 3.63) is 18.2 Å². The first kappa shape index (κ1) is 15.4. The quantitative estimate of drug-likeness (QED) is 0.925. The summed E-state index contributed by atoms with van der Waals surface area (Å²) in [6.45, 7) is 0. The zero-order valence-corrected chi connectivity index (χ0v) is 11.6. The van der Waals surface area contributed by atoms with Gasteiger partial charge in [0.1, 0.15) is 5.82 Å². The molecule has 0 saturated heterocycles. The van der Waals surface area contributed by atoms with Gasteiger partial charge in [-0.25, -0.2) is 4.98 Å². The fourth-order valence-electron chi connectivity index (χ4n) is 3.15. The van der Waals surface area contributed by atoms with Crippen LogP contribution < -0.4 is 0 Å². The summed E-state index contributed by atoms with van der Waals surface area (Å²) in [7, 11) is 1.84. The highest BCUT2D eigenvalue weighted by molar-refractivity contribution is 4.93. The number of aryl methyl sites for hydroxylation is 2. The molecular weight excluding hydrogens is 269 g/mol. The summed E-state index contributed by atoms with van der Waals surface area (Å²) in [6, 6.07) is 0. The highest BCUT2D eigenvalue weighted by atomic mass is 19.4. The summed E-state index contributed by atoms with van der Waals surface area (Å²) in [5.41, 5.74) is 0. The fourth-order valence-corrected chi connectivity index (χ4v) is 3.15. The van der Waals surface area contributed by atoms with Gasteiger partial charge >= 0.3 is 6.18 Å². The minimum absolute atomic E-state index is 0.146. The lowest BCUT2D eigenvalue weighted by molar-refractivity contribution is -0.207. The van der Waals surface area contributed by atoms with Crippen LogP contribution in [-0.4, -0.2) is 26.9 Å². The standard InChI is InChI=1S/C14H21F3N2O/c1-19-9-8-18-13(19)7-6-12(20)10-4-2-3-5-11(10)14(15,16)17/h8-12,20H,2-7H2,1H3. The Kier molecular flexibility index (Phi) is 4.73. The second kappa shape index (κ2) is 6.16. The number of imidazole rings is 1. The maximum absolute atomic E-state index is 13.0. The van der Waals surface area contributed by atoms with E-state index >= 15 is 0 Å². The van der Waals surface area contributed by atoms with Crippen LogP contribution in [0.3, 0.4) is 0 Å². The Morgan fingerprint density at radius 3 is 2.70 bits per heavy atom. The van der Waals surface area contributed by atoms with Gasteiger partial charge in [-0.15, -0.1) is 0 Å². The number of halogens is 3. The molecule has 1 heterocycles. The lowest BCUT2D eigenvalue weighted by atomic mass is 9.75. The van der Waals surface area contributed by atoms with E-state index in [0.29, 0.717) is 25.7 Å². The fraction of sp³-hybridized carbons (Fsp3) is 0.786. The van der Waals surface area contributed by atoms with Gasteiger partial charge in [0, 0.05) is 25.9 Å².